The monoisotopic (exact) mass is 349 g/mol. The van der Waals surface area contributed by atoms with Crippen molar-refractivity contribution < 1.29 is 19.2 Å². The zero-order valence-corrected chi connectivity index (χ0v) is 13.9. The third kappa shape index (κ3) is 3.33. The Morgan fingerprint density at radius 1 is 1.12 bits per heavy atom. The predicted molar refractivity (Wildman–Crippen MR) is 86.7 cm³/mol. The van der Waals surface area contributed by atoms with Crippen LogP contribution >= 0.6 is 11.3 Å². The number of imide groups is 1. The van der Waals surface area contributed by atoms with E-state index < -0.39 is 11.8 Å². The maximum absolute atomic E-state index is 12.3. The van der Waals surface area contributed by atoms with Crippen LogP contribution in [0.15, 0.2) is 17.5 Å². The summed E-state index contributed by atoms with van der Waals surface area (Å²) in [7, 11) is 0. The van der Waals surface area contributed by atoms with Crippen molar-refractivity contribution in [2.75, 3.05) is 6.54 Å². The summed E-state index contributed by atoms with van der Waals surface area (Å²) in [5.74, 6) is -1.53. The number of carbonyl (C=O) groups excluding carboxylic acids is 4. The van der Waals surface area contributed by atoms with E-state index in [0.29, 0.717) is 4.88 Å². The molecule has 2 atom stereocenters. The first-order valence-electron chi connectivity index (χ1n) is 8.06. The minimum absolute atomic E-state index is 0.0262. The van der Waals surface area contributed by atoms with E-state index in [4.69, 9.17) is 0 Å². The number of hydrazine groups is 1. The van der Waals surface area contributed by atoms with Crippen LogP contribution in [0.3, 0.4) is 0 Å². The fraction of sp³-hybridized carbons (Fsp3) is 0.500. The molecular weight excluding hydrogens is 330 g/mol. The number of likely N-dealkylation sites (tertiary alicyclic amines) is 1. The van der Waals surface area contributed by atoms with Gasteiger partial charge in [0.25, 0.3) is 5.91 Å². The molecule has 1 aromatic heterocycles. The largest absolute Gasteiger partial charge is 0.282 e. The number of rotatable bonds is 4. The predicted octanol–water partition coefficient (Wildman–Crippen LogP) is 1.07. The summed E-state index contributed by atoms with van der Waals surface area (Å²) < 4.78 is 0. The van der Waals surface area contributed by atoms with Crippen molar-refractivity contribution in [2.45, 2.75) is 32.1 Å². The molecule has 3 rings (SSSR count). The summed E-state index contributed by atoms with van der Waals surface area (Å²) in [5.41, 5.74) is 4.62. The number of hydrogen-bond donors (Lipinski definition) is 2. The quantitative estimate of drug-likeness (QED) is 0.628. The van der Waals surface area contributed by atoms with E-state index in [9.17, 15) is 19.2 Å². The Balaban J connectivity index is 1.47. The first-order chi connectivity index (χ1) is 11.6. The first kappa shape index (κ1) is 16.6. The number of thiophene rings is 1. The SMILES string of the molecule is O=C(CCN1C(=O)[C@@H]2CCCC[C@H]2C1=O)NNC(=O)c1cccs1. The number of hydrogen-bond acceptors (Lipinski definition) is 5. The highest BCUT2D eigenvalue weighted by Gasteiger charge is 2.47. The van der Waals surface area contributed by atoms with Gasteiger partial charge in [0.2, 0.25) is 17.7 Å². The normalized spacial score (nSPS) is 23.1. The third-order valence-electron chi connectivity index (χ3n) is 4.56. The van der Waals surface area contributed by atoms with Gasteiger partial charge in [-0.2, -0.15) is 0 Å². The minimum Gasteiger partial charge on any atom is -0.282 e. The van der Waals surface area contributed by atoms with Gasteiger partial charge in [0.15, 0.2) is 0 Å². The van der Waals surface area contributed by atoms with E-state index in [1.807, 2.05) is 0 Å². The molecule has 2 heterocycles. The molecule has 1 aliphatic carbocycles. The lowest BCUT2D eigenvalue weighted by Crippen LogP contribution is -2.43. The molecule has 2 fully saturated rings. The second kappa shape index (κ2) is 7.12. The van der Waals surface area contributed by atoms with Crippen LogP contribution in [0.5, 0.6) is 0 Å². The average molecular weight is 349 g/mol. The van der Waals surface area contributed by atoms with Crippen molar-refractivity contribution in [1.29, 1.82) is 0 Å². The number of fused-ring (bicyclic) bond motifs is 1. The average Bonchev–Trinajstić information content (AvgIpc) is 3.20. The molecule has 8 heteroatoms. The van der Waals surface area contributed by atoms with Gasteiger partial charge in [-0.1, -0.05) is 18.9 Å². The molecule has 4 amide bonds. The van der Waals surface area contributed by atoms with Crippen molar-refractivity contribution in [1.82, 2.24) is 15.8 Å². The Morgan fingerprint density at radius 2 is 1.79 bits per heavy atom. The molecule has 2 N–H and O–H groups in total. The lowest BCUT2D eigenvalue weighted by Gasteiger charge is -2.19. The number of nitrogens with one attached hydrogen (secondary N) is 2. The summed E-state index contributed by atoms with van der Waals surface area (Å²) in [5, 5.41) is 1.76. The van der Waals surface area contributed by atoms with Gasteiger partial charge in [0.1, 0.15) is 0 Å². The Labute approximate surface area is 143 Å². The molecule has 0 spiro atoms. The fourth-order valence-corrected chi connectivity index (χ4v) is 3.94. The fourth-order valence-electron chi connectivity index (χ4n) is 3.32. The number of amides is 4. The van der Waals surface area contributed by atoms with Crippen LogP contribution in [-0.4, -0.2) is 35.1 Å². The number of carbonyl (C=O) groups is 4. The molecule has 1 saturated heterocycles. The molecule has 128 valence electrons. The second-order valence-corrected chi connectivity index (χ2v) is 7.00. The van der Waals surface area contributed by atoms with Gasteiger partial charge in [-0.05, 0) is 24.3 Å². The van der Waals surface area contributed by atoms with Gasteiger partial charge in [0, 0.05) is 13.0 Å². The van der Waals surface area contributed by atoms with Crippen LogP contribution in [0.4, 0.5) is 0 Å². The van der Waals surface area contributed by atoms with Crippen LogP contribution in [0.2, 0.25) is 0 Å². The van der Waals surface area contributed by atoms with Gasteiger partial charge in [0.05, 0.1) is 16.7 Å². The van der Waals surface area contributed by atoms with Crippen LogP contribution in [-0.2, 0) is 14.4 Å². The highest BCUT2D eigenvalue weighted by Crippen LogP contribution is 2.37. The third-order valence-corrected chi connectivity index (χ3v) is 5.42. The van der Waals surface area contributed by atoms with E-state index in [-0.39, 0.29) is 36.6 Å². The highest BCUT2D eigenvalue weighted by atomic mass is 32.1. The molecule has 1 aromatic rings. The molecule has 0 radical (unpaired) electrons. The maximum Gasteiger partial charge on any atom is 0.279 e. The Kier molecular flexibility index (Phi) is 4.94. The summed E-state index contributed by atoms with van der Waals surface area (Å²) in [6.07, 6.45) is 3.44. The van der Waals surface area contributed by atoms with Gasteiger partial charge >= 0.3 is 0 Å². The molecule has 7 nitrogen and oxygen atoms in total. The van der Waals surface area contributed by atoms with Crippen LogP contribution in [0.1, 0.15) is 41.8 Å². The van der Waals surface area contributed by atoms with Gasteiger partial charge in [-0.3, -0.25) is 34.9 Å². The van der Waals surface area contributed by atoms with Crippen molar-refractivity contribution in [3.8, 4) is 0 Å². The molecule has 0 unspecified atom stereocenters. The van der Waals surface area contributed by atoms with E-state index in [0.717, 1.165) is 25.7 Å². The van der Waals surface area contributed by atoms with Crippen molar-refractivity contribution in [3.63, 3.8) is 0 Å². The summed E-state index contributed by atoms with van der Waals surface area (Å²) in [6.45, 7) is 0.0609. The molecule has 2 aliphatic rings. The Hall–Kier alpha value is -2.22. The van der Waals surface area contributed by atoms with E-state index in [2.05, 4.69) is 10.9 Å². The van der Waals surface area contributed by atoms with E-state index >= 15 is 0 Å². The van der Waals surface area contributed by atoms with E-state index in [1.165, 1.54) is 16.2 Å². The van der Waals surface area contributed by atoms with Crippen molar-refractivity contribution >= 4 is 35.0 Å². The van der Waals surface area contributed by atoms with Crippen molar-refractivity contribution in [3.05, 3.63) is 22.4 Å². The van der Waals surface area contributed by atoms with Gasteiger partial charge in [-0.15, -0.1) is 11.3 Å². The van der Waals surface area contributed by atoms with Crippen LogP contribution in [0.25, 0.3) is 0 Å². The Bertz CT molecular complexity index is 634. The summed E-state index contributed by atoms with van der Waals surface area (Å²) in [4.78, 5) is 49.8. The van der Waals surface area contributed by atoms with Gasteiger partial charge < -0.3 is 0 Å². The van der Waals surface area contributed by atoms with E-state index in [1.54, 1.807) is 17.5 Å². The van der Waals surface area contributed by atoms with Crippen LogP contribution < -0.4 is 10.9 Å². The van der Waals surface area contributed by atoms with Gasteiger partial charge in [-0.25, -0.2) is 0 Å². The zero-order chi connectivity index (χ0) is 17.1. The lowest BCUT2D eigenvalue weighted by atomic mass is 9.81. The maximum atomic E-state index is 12.3. The second-order valence-electron chi connectivity index (χ2n) is 6.06. The standard InChI is InChI=1S/C16H19N3O4S/c20-13(17-18-14(21)12-6-3-9-24-12)7-8-19-15(22)10-4-1-2-5-11(10)16(19)23/h3,6,9-11H,1-2,4-5,7-8H2,(H,17,20)(H,18,21)/t10-,11-/m1/s1. The summed E-state index contributed by atoms with van der Waals surface area (Å²) in [6, 6.07) is 3.39. The molecule has 24 heavy (non-hydrogen) atoms. The lowest BCUT2D eigenvalue weighted by molar-refractivity contribution is -0.140. The highest BCUT2D eigenvalue weighted by molar-refractivity contribution is 7.12. The Morgan fingerprint density at radius 3 is 2.38 bits per heavy atom. The molecule has 1 aliphatic heterocycles. The molecule has 1 saturated carbocycles. The first-order valence-corrected chi connectivity index (χ1v) is 8.94. The summed E-state index contributed by atoms with van der Waals surface area (Å²) >= 11 is 1.27. The van der Waals surface area contributed by atoms with Crippen LogP contribution in [0, 0.1) is 11.8 Å². The molecule has 0 bridgehead atoms. The van der Waals surface area contributed by atoms with Crippen molar-refractivity contribution in [2.24, 2.45) is 11.8 Å². The zero-order valence-electron chi connectivity index (χ0n) is 13.1. The number of nitrogens with zero attached hydrogens (tertiary/aromatic N) is 1. The topological polar surface area (TPSA) is 95.6 Å². The molecule has 0 aromatic carbocycles. The minimum atomic E-state index is -0.435. The molecular formula is C16H19N3O4S. The smallest absolute Gasteiger partial charge is 0.279 e.